The van der Waals surface area contributed by atoms with Crippen LogP contribution in [0.15, 0.2) is 0 Å². The van der Waals surface area contributed by atoms with Crippen molar-refractivity contribution in [2.24, 2.45) is 0 Å². The van der Waals surface area contributed by atoms with E-state index in [4.69, 9.17) is 12.2 Å². The molecule has 0 amide bonds. The van der Waals surface area contributed by atoms with Crippen molar-refractivity contribution in [3.8, 4) is 0 Å². The summed E-state index contributed by atoms with van der Waals surface area (Å²) in [7, 11) is 0. The third-order valence-electron chi connectivity index (χ3n) is 4.21. The molecule has 1 saturated carbocycles. The van der Waals surface area contributed by atoms with Crippen LogP contribution in [0, 0.1) is 4.77 Å². The Labute approximate surface area is 127 Å². The van der Waals surface area contributed by atoms with Gasteiger partial charge in [0.15, 0.2) is 0 Å². The molecule has 0 saturated heterocycles. The fraction of sp³-hybridized carbons (Fsp3) is 0.867. The van der Waals surface area contributed by atoms with Crippen LogP contribution in [-0.2, 0) is 12.1 Å². The SMILES string of the molecule is CCN(Cn1[nH]c(C(C)(C)C)nc1=S)C1CCCCC1. The van der Waals surface area contributed by atoms with Gasteiger partial charge in [0.25, 0.3) is 0 Å². The maximum absolute atomic E-state index is 5.40. The van der Waals surface area contributed by atoms with E-state index in [9.17, 15) is 0 Å². The van der Waals surface area contributed by atoms with E-state index in [1.165, 1.54) is 32.1 Å². The Hall–Kier alpha value is -0.680. The molecule has 1 heterocycles. The highest BCUT2D eigenvalue weighted by molar-refractivity contribution is 7.71. The van der Waals surface area contributed by atoms with E-state index in [0.29, 0.717) is 10.8 Å². The fourth-order valence-electron chi connectivity index (χ4n) is 2.89. The van der Waals surface area contributed by atoms with Gasteiger partial charge in [-0.25, -0.2) is 9.67 Å². The highest BCUT2D eigenvalue weighted by atomic mass is 32.1. The van der Waals surface area contributed by atoms with Gasteiger partial charge in [-0.05, 0) is 31.6 Å². The Kier molecular flexibility index (Phi) is 5.02. The maximum Gasteiger partial charge on any atom is 0.217 e. The summed E-state index contributed by atoms with van der Waals surface area (Å²) in [4.78, 5) is 7.04. The number of H-pyrrole nitrogens is 1. The minimum atomic E-state index is 0.0146. The third kappa shape index (κ3) is 3.70. The summed E-state index contributed by atoms with van der Waals surface area (Å²) in [6, 6.07) is 0.706. The summed E-state index contributed by atoms with van der Waals surface area (Å²) in [5.74, 6) is 0.974. The van der Waals surface area contributed by atoms with E-state index in [1.54, 1.807) is 0 Å². The molecule has 0 unspecified atom stereocenters. The van der Waals surface area contributed by atoms with Gasteiger partial charge in [-0.3, -0.25) is 10.00 Å². The molecule has 20 heavy (non-hydrogen) atoms. The molecule has 0 bridgehead atoms. The molecule has 1 aromatic heterocycles. The van der Waals surface area contributed by atoms with E-state index in [2.05, 4.69) is 42.7 Å². The smallest absolute Gasteiger partial charge is 0.217 e. The molecule has 114 valence electrons. The summed E-state index contributed by atoms with van der Waals surface area (Å²) in [5.41, 5.74) is 0.0146. The zero-order valence-electron chi connectivity index (χ0n) is 13.3. The minimum absolute atomic E-state index is 0.0146. The molecule has 1 fully saturated rings. The van der Waals surface area contributed by atoms with Crippen molar-refractivity contribution in [2.75, 3.05) is 6.54 Å². The Balaban J connectivity index is 2.11. The molecule has 1 aromatic rings. The van der Waals surface area contributed by atoms with Crippen molar-refractivity contribution < 1.29 is 0 Å². The Bertz CT molecular complexity index is 477. The highest BCUT2D eigenvalue weighted by Gasteiger charge is 2.22. The highest BCUT2D eigenvalue weighted by Crippen LogP contribution is 2.23. The van der Waals surface area contributed by atoms with Crippen LogP contribution in [0.1, 0.15) is 65.6 Å². The lowest BCUT2D eigenvalue weighted by Gasteiger charge is -2.33. The molecule has 0 aliphatic heterocycles. The zero-order chi connectivity index (χ0) is 14.8. The molecule has 0 aromatic carbocycles. The topological polar surface area (TPSA) is 36.9 Å². The lowest BCUT2D eigenvalue weighted by atomic mass is 9.94. The molecule has 0 spiro atoms. The van der Waals surface area contributed by atoms with Gasteiger partial charge in [0, 0.05) is 11.5 Å². The predicted molar refractivity (Wildman–Crippen MR) is 85.4 cm³/mol. The van der Waals surface area contributed by atoms with E-state index >= 15 is 0 Å². The number of aromatic amines is 1. The normalized spacial score (nSPS) is 17.9. The van der Waals surface area contributed by atoms with E-state index in [-0.39, 0.29) is 5.41 Å². The fourth-order valence-corrected chi connectivity index (χ4v) is 3.08. The Morgan fingerprint density at radius 2 is 1.95 bits per heavy atom. The first kappa shape index (κ1) is 15.7. The van der Waals surface area contributed by atoms with Gasteiger partial charge in [0.05, 0.1) is 6.67 Å². The lowest BCUT2D eigenvalue weighted by molar-refractivity contribution is 0.118. The van der Waals surface area contributed by atoms with E-state index < -0.39 is 0 Å². The van der Waals surface area contributed by atoms with Crippen LogP contribution < -0.4 is 0 Å². The summed E-state index contributed by atoms with van der Waals surface area (Å²) >= 11 is 5.40. The van der Waals surface area contributed by atoms with Crippen LogP contribution >= 0.6 is 12.2 Å². The van der Waals surface area contributed by atoms with Crippen LogP contribution in [0.4, 0.5) is 0 Å². The summed E-state index contributed by atoms with van der Waals surface area (Å²) in [6.07, 6.45) is 6.76. The van der Waals surface area contributed by atoms with Gasteiger partial charge in [0.2, 0.25) is 4.77 Å². The lowest BCUT2D eigenvalue weighted by Crippen LogP contribution is -2.38. The second-order valence-corrected chi connectivity index (χ2v) is 7.24. The maximum atomic E-state index is 5.40. The van der Waals surface area contributed by atoms with E-state index in [0.717, 1.165) is 19.0 Å². The molecule has 0 radical (unpaired) electrons. The largest absolute Gasteiger partial charge is 0.282 e. The number of rotatable bonds is 4. The number of hydrogen-bond donors (Lipinski definition) is 1. The first-order valence-corrected chi connectivity index (χ1v) is 8.24. The quantitative estimate of drug-likeness (QED) is 0.857. The van der Waals surface area contributed by atoms with Gasteiger partial charge in [-0.2, -0.15) is 0 Å². The summed E-state index contributed by atoms with van der Waals surface area (Å²) in [6.45, 7) is 10.6. The van der Waals surface area contributed by atoms with Crippen molar-refractivity contribution in [1.29, 1.82) is 0 Å². The average Bonchev–Trinajstić information content (AvgIpc) is 2.78. The second kappa shape index (κ2) is 6.39. The number of aromatic nitrogens is 3. The Morgan fingerprint density at radius 3 is 2.45 bits per heavy atom. The van der Waals surface area contributed by atoms with Gasteiger partial charge in [-0.15, -0.1) is 0 Å². The molecule has 1 N–H and O–H groups in total. The molecular formula is C15H28N4S. The number of nitrogens with zero attached hydrogens (tertiary/aromatic N) is 3. The molecule has 5 heteroatoms. The number of hydrogen-bond acceptors (Lipinski definition) is 3. The molecule has 2 rings (SSSR count). The average molecular weight is 296 g/mol. The van der Waals surface area contributed by atoms with Gasteiger partial charge < -0.3 is 0 Å². The second-order valence-electron chi connectivity index (χ2n) is 6.87. The van der Waals surface area contributed by atoms with Crippen LogP contribution in [0.2, 0.25) is 0 Å². The van der Waals surface area contributed by atoms with Gasteiger partial charge >= 0.3 is 0 Å². The van der Waals surface area contributed by atoms with Crippen molar-refractivity contribution in [3.05, 3.63) is 10.6 Å². The van der Waals surface area contributed by atoms with Crippen LogP contribution in [-0.4, -0.2) is 32.3 Å². The van der Waals surface area contributed by atoms with E-state index in [1.807, 2.05) is 4.68 Å². The molecule has 0 atom stereocenters. The molecule has 4 nitrogen and oxygen atoms in total. The predicted octanol–water partition coefficient (Wildman–Crippen LogP) is 3.85. The van der Waals surface area contributed by atoms with Crippen molar-refractivity contribution in [2.45, 2.75) is 77.9 Å². The van der Waals surface area contributed by atoms with Gasteiger partial charge in [0.1, 0.15) is 5.82 Å². The number of nitrogens with one attached hydrogen (secondary N) is 1. The minimum Gasteiger partial charge on any atom is -0.282 e. The zero-order valence-corrected chi connectivity index (χ0v) is 14.1. The molecule has 1 aliphatic rings. The first-order chi connectivity index (χ1) is 9.41. The molecule has 1 aliphatic carbocycles. The molecular weight excluding hydrogens is 268 g/mol. The standard InChI is InChI=1S/C15H28N4S/c1-5-18(12-9-7-6-8-10-12)11-19-14(20)16-13(17-19)15(2,3)4/h12H,5-11H2,1-4H3,(H,16,17,20). The summed E-state index contributed by atoms with van der Waals surface area (Å²) in [5, 5.41) is 3.39. The van der Waals surface area contributed by atoms with Crippen molar-refractivity contribution >= 4 is 12.2 Å². The van der Waals surface area contributed by atoms with Crippen molar-refractivity contribution in [1.82, 2.24) is 19.7 Å². The summed E-state index contributed by atoms with van der Waals surface area (Å²) < 4.78 is 2.69. The van der Waals surface area contributed by atoms with Gasteiger partial charge in [-0.1, -0.05) is 47.0 Å². The monoisotopic (exact) mass is 296 g/mol. The van der Waals surface area contributed by atoms with Crippen molar-refractivity contribution in [3.63, 3.8) is 0 Å². The third-order valence-corrected chi connectivity index (χ3v) is 4.52. The first-order valence-electron chi connectivity index (χ1n) is 7.83. The van der Waals surface area contributed by atoms with Crippen LogP contribution in [0.5, 0.6) is 0 Å². The van der Waals surface area contributed by atoms with Crippen LogP contribution in [0.3, 0.4) is 0 Å². The van der Waals surface area contributed by atoms with Crippen LogP contribution in [0.25, 0.3) is 0 Å². The Morgan fingerprint density at radius 1 is 1.30 bits per heavy atom.